The zero-order valence-corrected chi connectivity index (χ0v) is 11.6. The van der Waals surface area contributed by atoms with E-state index in [0.717, 1.165) is 11.3 Å². The highest BCUT2D eigenvalue weighted by atomic mass is 16.6. The Hall–Kier alpha value is -1.63. The van der Waals surface area contributed by atoms with Crippen LogP contribution in [0.15, 0.2) is 24.3 Å². The van der Waals surface area contributed by atoms with Crippen LogP contribution in [0.2, 0.25) is 0 Å². The van der Waals surface area contributed by atoms with Gasteiger partial charge in [-0.15, -0.1) is 0 Å². The lowest BCUT2D eigenvalue weighted by Crippen LogP contribution is -2.41. The van der Waals surface area contributed by atoms with E-state index >= 15 is 0 Å². The van der Waals surface area contributed by atoms with E-state index in [1.54, 1.807) is 0 Å². The molecule has 0 aromatic heterocycles. The van der Waals surface area contributed by atoms with Crippen molar-refractivity contribution in [3.8, 4) is 0 Å². The molecule has 1 aliphatic heterocycles. The second-order valence-corrected chi connectivity index (χ2v) is 4.81. The number of nitrogens with one attached hydrogen (secondary N) is 2. The summed E-state index contributed by atoms with van der Waals surface area (Å²) in [5, 5.41) is 5.52. The molecule has 110 valence electrons. The number of carbonyl (C=O) groups excluding carboxylic acids is 1. The molecule has 1 aromatic rings. The summed E-state index contributed by atoms with van der Waals surface area (Å²) in [5.41, 5.74) is 7.53. The van der Waals surface area contributed by atoms with Crippen LogP contribution in [0.25, 0.3) is 0 Å². The third-order valence-electron chi connectivity index (χ3n) is 3.07. The van der Waals surface area contributed by atoms with Crippen LogP contribution in [0.1, 0.15) is 18.5 Å². The van der Waals surface area contributed by atoms with E-state index in [-0.39, 0.29) is 18.2 Å². The maximum Gasteiger partial charge on any atom is 0.319 e. The summed E-state index contributed by atoms with van der Waals surface area (Å²) in [6, 6.07) is 7.20. The Balaban J connectivity index is 1.75. The first kappa shape index (κ1) is 14.8. The first-order chi connectivity index (χ1) is 9.65. The number of anilines is 1. The maximum absolute atomic E-state index is 11.7. The number of urea groups is 1. The van der Waals surface area contributed by atoms with Gasteiger partial charge < -0.3 is 25.8 Å². The molecule has 2 amide bonds. The Bertz CT molecular complexity index is 428. The molecule has 1 saturated heterocycles. The zero-order chi connectivity index (χ0) is 14.4. The third kappa shape index (κ3) is 4.48. The Morgan fingerprint density at radius 3 is 2.75 bits per heavy atom. The van der Waals surface area contributed by atoms with Crippen molar-refractivity contribution in [1.29, 1.82) is 0 Å². The molecule has 0 spiro atoms. The second-order valence-electron chi connectivity index (χ2n) is 4.81. The second kappa shape index (κ2) is 7.23. The number of hydrogen-bond acceptors (Lipinski definition) is 4. The molecule has 20 heavy (non-hydrogen) atoms. The van der Waals surface area contributed by atoms with Gasteiger partial charge in [0.05, 0.1) is 25.9 Å². The fourth-order valence-corrected chi connectivity index (χ4v) is 1.91. The van der Waals surface area contributed by atoms with Gasteiger partial charge in [-0.05, 0) is 24.6 Å². The summed E-state index contributed by atoms with van der Waals surface area (Å²) in [6.45, 7) is 4.07. The molecule has 1 aliphatic rings. The van der Waals surface area contributed by atoms with Crippen molar-refractivity contribution < 1.29 is 14.3 Å². The summed E-state index contributed by atoms with van der Waals surface area (Å²) >= 11 is 0. The van der Waals surface area contributed by atoms with Crippen LogP contribution >= 0.6 is 0 Å². The summed E-state index contributed by atoms with van der Waals surface area (Å²) in [4.78, 5) is 11.7. The quantitative estimate of drug-likeness (QED) is 0.774. The molecule has 4 N–H and O–H groups in total. The minimum Gasteiger partial charge on any atom is -0.376 e. The Kier molecular flexibility index (Phi) is 5.34. The van der Waals surface area contributed by atoms with E-state index in [0.29, 0.717) is 26.4 Å². The molecule has 2 atom stereocenters. The van der Waals surface area contributed by atoms with Crippen LogP contribution in [0.3, 0.4) is 0 Å². The molecule has 1 fully saturated rings. The summed E-state index contributed by atoms with van der Waals surface area (Å²) in [6.07, 6.45) is -0.0741. The van der Waals surface area contributed by atoms with Gasteiger partial charge in [0.15, 0.2) is 0 Å². The molecule has 6 heteroatoms. The number of nitrogens with two attached hydrogens (primary N) is 1. The van der Waals surface area contributed by atoms with Gasteiger partial charge in [-0.25, -0.2) is 4.79 Å². The van der Waals surface area contributed by atoms with Gasteiger partial charge in [0.2, 0.25) is 0 Å². The molecule has 1 heterocycles. The van der Waals surface area contributed by atoms with Crippen molar-refractivity contribution >= 4 is 11.7 Å². The summed E-state index contributed by atoms with van der Waals surface area (Å²) in [5.74, 6) is 0. The van der Waals surface area contributed by atoms with Gasteiger partial charge in [0, 0.05) is 18.3 Å². The first-order valence-corrected chi connectivity index (χ1v) is 6.75. The molecule has 0 saturated carbocycles. The fraction of sp³-hybridized carbons (Fsp3) is 0.500. The molecule has 0 radical (unpaired) electrons. The van der Waals surface area contributed by atoms with Crippen molar-refractivity contribution in [3.63, 3.8) is 0 Å². The van der Waals surface area contributed by atoms with Crippen molar-refractivity contribution in [2.24, 2.45) is 5.73 Å². The van der Waals surface area contributed by atoms with E-state index in [9.17, 15) is 4.79 Å². The molecular weight excluding hydrogens is 258 g/mol. The number of amides is 2. The first-order valence-electron chi connectivity index (χ1n) is 6.75. The van der Waals surface area contributed by atoms with Crippen molar-refractivity contribution in [3.05, 3.63) is 29.8 Å². The lowest BCUT2D eigenvalue weighted by molar-refractivity contribution is -0.0852. The minimum atomic E-state index is -0.257. The van der Waals surface area contributed by atoms with Gasteiger partial charge in [0.25, 0.3) is 0 Å². The number of hydrogen-bond donors (Lipinski definition) is 3. The third-order valence-corrected chi connectivity index (χ3v) is 3.07. The van der Waals surface area contributed by atoms with Crippen LogP contribution in [0.5, 0.6) is 0 Å². The van der Waals surface area contributed by atoms with E-state index in [4.69, 9.17) is 15.2 Å². The van der Waals surface area contributed by atoms with E-state index in [2.05, 4.69) is 10.6 Å². The molecule has 2 rings (SSSR count). The SMILES string of the molecule is CC(N)c1ccc(NC(=O)NCC2COCCO2)cc1. The smallest absolute Gasteiger partial charge is 0.319 e. The minimum absolute atomic E-state index is 0.0127. The van der Waals surface area contributed by atoms with E-state index < -0.39 is 0 Å². The zero-order valence-electron chi connectivity index (χ0n) is 11.6. The van der Waals surface area contributed by atoms with Crippen LogP contribution in [0.4, 0.5) is 10.5 Å². The molecule has 1 aromatic carbocycles. The highest BCUT2D eigenvalue weighted by Gasteiger charge is 2.15. The number of carbonyl (C=O) groups is 1. The molecule has 0 bridgehead atoms. The molecule has 0 aliphatic carbocycles. The Morgan fingerprint density at radius 2 is 2.15 bits per heavy atom. The Morgan fingerprint density at radius 1 is 1.40 bits per heavy atom. The number of benzene rings is 1. The number of rotatable bonds is 4. The average Bonchev–Trinajstić information content (AvgIpc) is 2.47. The van der Waals surface area contributed by atoms with E-state index in [1.165, 1.54) is 0 Å². The normalized spacial score (nSPS) is 20.2. The van der Waals surface area contributed by atoms with Gasteiger partial charge in [-0.2, -0.15) is 0 Å². The van der Waals surface area contributed by atoms with Crippen LogP contribution in [-0.2, 0) is 9.47 Å². The molecular formula is C14H21N3O3. The predicted octanol–water partition coefficient (Wildman–Crippen LogP) is 1.24. The van der Waals surface area contributed by atoms with Crippen LogP contribution < -0.4 is 16.4 Å². The average molecular weight is 279 g/mol. The topological polar surface area (TPSA) is 85.6 Å². The lowest BCUT2D eigenvalue weighted by atomic mass is 10.1. The highest BCUT2D eigenvalue weighted by Crippen LogP contribution is 2.13. The van der Waals surface area contributed by atoms with Gasteiger partial charge in [-0.3, -0.25) is 0 Å². The molecule has 2 unspecified atom stereocenters. The predicted molar refractivity (Wildman–Crippen MR) is 76.6 cm³/mol. The van der Waals surface area contributed by atoms with Crippen LogP contribution in [0, 0.1) is 0 Å². The Labute approximate surface area is 118 Å². The van der Waals surface area contributed by atoms with Crippen molar-refractivity contribution in [1.82, 2.24) is 5.32 Å². The lowest BCUT2D eigenvalue weighted by Gasteiger charge is -2.23. The maximum atomic E-state index is 11.7. The van der Waals surface area contributed by atoms with Gasteiger partial charge in [-0.1, -0.05) is 12.1 Å². The van der Waals surface area contributed by atoms with Crippen LogP contribution in [-0.4, -0.2) is 38.5 Å². The van der Waals surface area contributed by atoms with Gasteiger partial charge in [0.1, 0.15) is 0 Å². The van der Waals surface area contributed by atoms with E-state index in [1.807, 2.05) is 31.2 Å². The fourth-order valence-electron chi connectivity index (χ4n) is 1.91. The standard InChI is InChI=1S/C14H21N3O3/c1-10(15)11-2-4-12(5-3-11)17-14(18)16-8-13-9-19-6-7-20-13/h2-5,10,13H,6-9,15H2,1H3,(H2,16,17,18). The summed E-state index contributed by atoms with van der Waals surface area (Å²) < 4.78 is 10.7. The molecule has 6 nitrogen and oxygen atoms in total. The van der Waals surface area contributed by atoms with Gasteiger partial charge >= 0.3 is 6.03 Å². The largest absolute Gasteiger partial charge is 0.376 e. The highest BCUT2D eigenvalue weighted by molar-refractivity contribution is 5.89. The van der Waals surface area contributed by atoms with Crippen molar-refractivity contribution in [2.75, 3.05) is 31.7 Å². The number of ether oxygens (including phenoxy) is 2. The monoisotopic (exact) mass is 279 g/mol. The summed E-state index contributed by atoms with van der Waals surface area (Å²) in [7, 11) is 0. The van der Waals surface area contributed by atoms with Crippen molar-refractivity contribution in [2.45, 2.75) is 19.1 Å².